The van der Waals surface area contributed by atoms with Gasteiger partial charge in [-0.15, -0.1) is 0 Å². The zero-order valence-electron chi connectivity index (χ0n) is 10.5. The Morgan fingerprint density at radius 1 is 1.12 bits per heavy atom. The van der Waals surface area contributed by atoms with Crippen molar-refractivity contribution < 1.29 is 18.9 Å². The fourth-order valence-corrected chi connectivity index (χ4v) is 1.96. The predicted molar refractivity (Wildman–Crippen MR) is 63.4 cm³/mol. The molecule has 0 aliphatic carbocycles. The molecule has 0 N–H and O–H groups in total. The molecule has 94 valence electrons. The van der Waals surface area contributed by atoms with Gasteiger partial charge in [0.1, 0.15) is 11.5 Å². The first-order chi connectivity index (χ1) is 8.19. The Balaban J connectivity index is 2.40. The molecule has 1 heterocycles. The molecule has 0 bridgehead atoms. The molecule has 0 radical (unpaired) electrons. The van der Waals surface area contributed by atoms with Crippen molar-refractivity contribution in [3.05, 3.63) is 23.8 Å². The SMILES string of the molecule is COc1ccc(OC)c(C2(C)OCCCO2)c1. The van der Waals surface area contributed by atoms with Crippen LogP contribution in [0.3, 0.4) is 0 Å². The molecule has 0 amide bonds. The lowest BCUT2D eigenvalue weighted by Crippen LogP contribution is -2.35. The van der Waals surface area contributed by atoms with Crippen LogP contribution in [0.25, 0.3) is 0 Å². The van der Waals surface area contributed by atoms with Gasteiger partial charge in [0.05, 0.1) is 33.0 Å². The van der Waals surface area contributed by atoms with Crippen LogP contribution in [0.2, 0.25) is 0 Å². The molecule has 1 aromatic carbocycles. The maximum absolute atomic E-state index is 5.74. The molecule has 1 aromatic rings. The normalized spacial score (nSPS) is 18.8. The number of rotatable bonds is 3. The molecule has 0 aromatic heterocycles. The summed E-state index contributed by atoms with van der Waals surface area (Å²) in [6, 6.07) is 5.61. The van der Waals surface area contributed by atoms with Gasteiger partial charge in [0.2, 0.25) is 0 Å². The number of methoxy groups -OCH3 is 2. The maximum atomic E-state index is 5.74. The number of hydrogen-bond acceptors (Lipinski definition) is 4. The van der Waals surface area contributed by atoms with E-state index in [0.717, 1.165) is 23.5 Å². The Hall–Kier alpha value is -1.26. The summed E-state index contributed by atoms with van der Waals surface area (Å²) in [5, 5.41) is 0. The summed E-state index contributed by atoms with van der Waals surface area (Å²) in [7, 11) is 3.27. The third kappa shape index (κ3) is 2.37. The van der Waals surface area contributed by atoms with E-state index in [2.05, 4.69) is 0 Å². The molecule has 2 rings (SSSR count). The first-order valence-electron chi connectivity index (χ1n) is 5.70. The van der Waals surface area contributed by atoms with Crippen LogP contribution in [0.4, 0.5) is 0 Å². The summed E-state index contributed by atoms with van der Waals surface area (Å²) < 4.78 is 22.0. The third-order valence-corrected chi connectivity index (χ3v) is 2.94. The van der Waals surface area contributed by atoms with Crippen LogP contribution in [0.15, 0.2) is 18.2 Å². The van der Waals surface area contributed by atoms with Gasteiger partial charge in [-0.1, -0.05) is 0 Å². The second-order valence-corrected chi connectivity index (χ2v) is 4.06. The number of benzene rings is 1. The molecule has 1 fully saturated rings. The fraction of sp³-hybridized carbons (Fsp3) is 0.538. The van der Waals surface area contributed by atoms with Crippen molar-refractivity contribution in [2.75, 3.05) is 27.4 Å². The van der Waals surface area contributed by atoms with E-state index < -0.39 is 5.79 Å². The lowest BCUT2D eigenvalue weighted by Gasteiger charge is -2.35. The van der Waals surface area contributed by atoms with Gasteiger partial charge in [0.15, 0.2) is 5.79 Å². The Labute approximate surface area is 101 Å². The molecular weight excluding hydrogens is 220 g/mol. The molecule has 0 unspecified atom stereocenters. The fourth-order valence-electron chi connectivity index (χ4n) is 1.96. The second-order valence-electron chi connectivity index (χ2n) is 4.06. The zero-order valence-corrected chi connectivity index (χ0v) is 10.5. The lowest BCUT2D eigenvalue weighted by atomic mass is 10.0. The van der Waals surface area contributed by atoms with Gasteiger partial charge in [0, 0.05) is 0 Å². The van der Waals surface area contributed by atoms with Crippen molar-refractivity contribution in [3.8, 4) is 11.5 Å². The molecular formula is C13H18O4. The van der Waals surface area contributed by atoms with Crippen LogP contribution in [0.5, 0.6) is 11.5 Å². The Morgan fingerprint density at radius 3 is 2.41 bits per heavy atom. The summed E-state index contributed by atoms with van der Waals surface area (Å²) in [6.45, 7) is 3.29. The van der Waals surface area contributed by atoms with Crippen molar-refractivity contribution in [3.63, 3.8) is 0 Å². The highest BCUT2D eigenvalue weighted by atomic mass is 16.7. The average Bonchev–Trinajstić information content (AvgIpc) is 2.39. The molecule has 4 nitrogen and oxygen atoms in total. The molecule has 0 saturated carbocycles. The van der Waals surface area contributed by atoms with E-state index in [1.54, 1.807) is 14.2 Å². The summed E-state index contributed by atoms with van der Waals surface area (Å²) >= 11 is 0. The van der Waals surface area contributed by atoms with Crippen LogP contribution in [-0.4, -0.2) is 27.4 Å². The minimum Gasteiger partial charge on any atom is -0.497 e. The number of ether oxygens (including phenoxy) is 4. The van der Waals surface area contributed by atoms with Crippen molar-refractivity contribution in [2.24, 2.45) is 0 Å². The minimum atomic E-state index is -0.752. The van der Waals surface area contributed by atoms with Crippen LogP contribution >= 0.6 is 0 Å². The third-order valence-electron chi connectivity index (χ3n) is 2.94. The van der Waals surface area contributed by atoms with E-state index in [1.807, 2.05) is 25.1 Å². The van der Waals surface area contributed by atoms with E-state index in [0.29, 0.717) is 13.2 Å². The Morgan fingerprint density at radius 2 is 1.82 bits per heavy atom. The first kappa shape index (κ1) is 12.2. The Bertz CT molecular complexity index is 383. The van der Waals surface area contributed by atoms with Gasteiger partial charge in [-0.3, -0.25) is 0 Å². The van der Waals surface area contributed by atoms with Crippen LogP contribution in [0, 0.1) is 0 Å². The van der Waals surface area contributed by atoms with Crippen molar-refractivity contribution in [1.29, 1.82) is 0 Å². The van der Waals surface area contributed by atoms with Crippen molar-refractivity contribution >= 4 is 0 Å². The molecule has 4 heteroatoms. The van der Waals surface area contributed by atoms with Gasteiger partial charge in [-0.2, -0.15) is 0 Å². The molecule has 1 aliphatic heterocycles. The summed E-state index contributed by atoms with van der Waals surface area (Å²) in [5.74, 6) is 0.757. The van der Waals surface area contributed by atoms with E-state index >= 15 is 0 Å². The van der Waals surface area contributed by atoms with E-state index in [-0.39, 0.29) is 0 Å². The minimum absolute atomic E-state index is 0.691. The second kappa shape index (κ2) is 4.94. The van der Waals surface area contributed by atoms with Gasteiger partial charge in [-0.25, -0.2) is 0 Å². The zero-order chi connectivity index (χ0) is 12.3. The predicted octanol–water partition coefficient (Wildman–Crippen LogP) is 2.31. The average molecular weight is 238 g/mol. The molecule has 0 atom stereocenters. The van der Waals surface area contributed by atoms with Crippen LogP contribution < -0.4 is 9.47 Å². The van der Waals surface area contributed by atoms with Gasteiger partial charge >= 0.3 is 0 Å². The molecule has 1 aliphatic rings. The van der Waals surface area contributed by atoms with E-state index in [1.165, 1.54) is 0 Å². The molecule has 1 saturated heterocycles. The van der Waals surface area contributed by atoms with Crippen molar-refractivity contribution in [2.45, 2.75) is 19.1 Å². The summed E-state index contributed by atoms with van der Waals surface area (Å²) in [6.07, 6.45) is 0.919. The van der Waals surface area contributed by atoms with Gasteiger partial charge in [0.25, 0.3) is 0 Å². The summed E-state index contributed by atoms with van der Waals surface area (Å²) in [5.41, 5.74) is 0.860. The largest absolute Gasteiger partial charge is 0.497 e. The number of hydrogen-bond donors (Lipinski definition) is 0. The van der Waals surface area contributed by atoms with Crippen LogP contribution in [-0.2, 0) is 15.3 Å². The first-order valence-corrected chi connectivity index (χ1v) is 5.70. The standard InChI is InChI=1S/C13H18O4/c1-13(16-7-4-8-17-13)11-9-10(14-2)5-6-12(11)15-3/h5-6,9H,4,7-8H2,1-3H3. The highest BCUT2D eigenvalue weighted by molar-refractivity contribution is 5.42. The van der Waals surface area contributed by atoms with E-state index in [9.17, 15) is 0 Å². The summed E-state index contributed by atoms with van der Waals surface area (Å²) in [4.78, 5) is 0. The molecule has 17 heavy (non-hydrogen) atoms. The van der Waals surface area contributed by atoms with Crippen molar-refractivity contribution in [1.82, 2.24) is 0 Å². The van der Waals surface area contributed by atoms with Crippen LogP contribution in [0.1, 0.15) is 18.9 Å². The lowest BCUT2D eigenvalue weighted by molar-refractivity contribution is -0.265. The van der Waals surface area contributed by atoms with E-state index in [4.69, 9.17) is 18.9 Å². The highest BCUT2D eigenvalue weighted by Crippen LogP contribution is 2.38. The monoisotopic (exact) mass is 238 g/mol. The van der Waals surface area contributed by atoms with Gasteiger partial charge in [-0.05, 0) is 31.5 Å². The maximum Gasteiger partial charge on any atom is 0.195 e. The molecule has 0 spiro atoms. The van der Waals surface area contributed by atoms with Gasteiger partial charge < -0.3 is 18.9 Å². The smallest absolute Gasteiger partial charge is 0.195 e. The topological polar surface area (TPSA) is 36.9 Å². The highest BCUT2D eigenvalue weighted by Gasteiger charge is 2.34. The quantitative estimate of drug-likeness (QED) is 0.809. The Kier molecular flexibility index (Phi) is 3.54.